The molecule has 1 heterocycles. The Kier molecular flexibility index (Phi) is 5.96. The van der Waals surface area contributed by atoms with Crippen LogP contribution in [0.25, 0.3) is 10.4 Å². The number of hydrogen-bond acceptors (Lipinski definition) is 3. The molecule has 19 heavy (non-hydrogen) atoms. The molecule has 0 aromatic carbocycles. The van der Waals surface area contributed by atoms with Crippen molar-refractivity contribution in [2.75, 3.05) is 13.1 Å². The molecule has 0 aromatic rings. The van der Waals surface area contributed by atoms with Gasteiger partial charge < -0.3 is 9.64 Å². The quantitative estimate of drug-likeness (QED) is 0.336. The van der Waals surface area contributed by atoms with E-state index in [1.165, 1.54) is 0 Å². The highest BCUT2D eigenvalue weighted by atomic mass is 16.6. The number of carbonyl (C=O) groups is 1. The molecule has 108 valence electrons. The van der Waals surface area contributed by atoms with Crippen LogP contribution in [0.15, 0.2) is 5.11 Å². The molecule has 0 aliphatic carbocycles. The number of azide groups is 1. The molecule has 1 aliphatic heterocycles. The standard InChI is InChI=1S/C13H24N4O2/c1-13(2,3)19-12(18)17-10-5-4-7-11(17)8-6-9-15-16-14/h11H,4-10H2,1-3H3. The third-order valence-electron chi connectivity index (χ3n) is 3.11. The summed E-state index contributed by atoms with van der Waals surface area (Å²) in [4.78, 5) is 16.7. The Balaban J connectivity index is 2.51. The molecular weight excluding hydrogens is 244 g/mol. The van der Waals surface area contributed by atoms with Crippen molar-refractivity contribution >= 4 is 6.09 Å². The number of ether oxygens (including phenoxy) is 1. The zero-order valence-electron chi connectivity index (χ0n) is 12.1. The Hall–Kier alpha value is -1.42. The van der Waals surface area contributed by atoms with Gasteiger partial charge in [-0.15, -0.1) is 0 Å². The summed E-state index contributed by atoms with van der Waals surface area (Å²) in [6.07, 6.45) is 4.65. The molecule has 0 bridgehead atoms. The zero-order chi connectivity index (χ0) is 14.3. The number of amides is 1. The fourth-order valence-corrected chi connectivity index (χ4v) is 2.30. The predicted octanol–water partition coefficient (Wildman–Crippen LogP) is 3.87. The van der Waals surface area contributed by atoms with Crippen molar-refractivity contribution in [1.82, 2.24) is 4.90 Å². The van der Waals surface area contributed by atoms with E-state index < -0.39 is 5.60 Å². The molecule has 1 atom stereocenters. The number of piperidine rings is 1. The van der Waals surface area contributed by atoms with Crippen LogP contribution in [0.1, 0.15) is 52.9 Å². The Labute approximate surface area is 114 Å². The number of nitrogens with zero attached hydrogens (tertiary/aromatic N) is 4. The first-order valence-corrected chi connectivity index (χ1v) is 6.94. The van der Waals surface area contributed by atoms with Gasteiger partial charge in [0.15, 0.2) is 0 Å². The summed E-state index contributed by atoms with van der Waals surface area (Å²) in [6.45, 7) is 6.90. The van der Waals surface area contributed by atoms with Gasteiger partial charge in [0, 0.05) is 24.0 Å². The van der Waals surface area contributed by atoms with E-state index in [9.17, 15) is 4.79 Å². The number of likely N-dealkylation sites (tertiary alicyclic amines) is 1. The lowest BCUT2D eigenvalue weighted by Crippen LogP contribution is -2.46. The molecule has 0 radical (unpaired) electrons. The van der Waals surface area contributed by atoms with Gasteiger partial charge in [-0.25, -0.2) is 4.79 Å². The third kappa shape index (κ3) is 5.83. The van der Waals surface area contributed by atoms with E-state index in [0.29, 0.717) is 6.54 Å². The monoisotopic (exact) mass is 268 g/mol. The summed E-state index contributed by atoms with van der Waals surface area (Å²) >= 11 is 0. The molecule has 0 saturated carbocycles. The maximum atomic E-state index is 12.1. The van der Waals surface area contributed by atoms with E-state index in [1.54, 1.807) is 0 Å². The number of carbonyl (C=O) groups excluding carboxylic acids is 1. The summed E-state index contributed by atoms with van der Waals surface area (Å²) in [7, 11) is 0. The first-order valence-electron chi connectivity index (χ1n) is 6.94. The van der Waals surface area contributed by atoms with Crippen molar-refractivity contribution in [1.29, 1.82) is 0 Å². The number of rotatable bonds is 4. The molecule has 1 saturated heterocycles. The molecule has 0 spiro atoms. The van der Waals surface area contributed by atoms with E-state index in [0.717, 1.165) is 38.6 Å². The fourth-order valence-electron chi connectivity index (χ4n) is 2.30. The van der Waals surface area contributed by atoms with Crippen LogP contribution in [0.4, 0.5) is 4.79 Å². The average Bonchev–Trinajstić information content (AvgIpc) is 2.33. The zero-order valence-corrected chi connectivity index (χ0v) is 12.1. The van der Waals surface area contributed by atoms with Crippen molar-refractivity contribution in [2.45, 2.75) is 64.5 Å². The minimum atomic E-state index is -0.454. The van der Waals surface area contributed by atoms with Gasteiger partial charge >= 0.3 is 6.09 Å². The second-order valence-electron chi connectivity index (χ2n) is 5.92. The van der Waals surface area contributed by atoms with E-state index in [4.69, 9.17) is 10.3 Å². The molecule has 0 aromatic heterocycles. The summed E-state index contributed by atoms with van der Waals surface area (Å²) in [5.41, 5.74) is 7.79. The molecule has 1 rings (SSSR count). The Bertz CT molecular complexity index is 345. The van der Waals surface area contributed by atoms with Crippen molar-refractivity contribution in [3.05, 3.63) is 10.4 Å². The second kappa shape index (κ2) is 7.24. The molecule has 1 amide bonds. The first-order chi connectivity index (χ1) is 8.94. The van der Waals surface area contributed by atoms with Gasteiger partial charge in [0.05, 0.1) is 0 Å². The van der Waals surface area contributed by atoms with Crippen LogP contribution in [0.3, 0.4) is 0 Å². The molecule has 1 unspecified atom stereocenters. The maximum Gasteiger partial charge on any atom is 0.410 e. The Morgan fingerprint density at radius 1 is 1.47 bits per heavy atom. The van der Waals surface area contributed by atoms with Crippen molar-refractivity contribution < 1.29 is 9.53 Å². The van der Waals surface area contributed by atoms with Crippen LogP contribution >= 0.6 is 0 Å². The Morgan fingerprint density at radius 2 is 2.21 bits per heavy atom. The lowest BCUT2D eigenvalue weighted by molar-refractivity contribution is 0.00873. The fraction of sp³-hybridized carbons (Fsp3) is 0.923. The van der Waals surface area contributed by atoms with Crippen molar-refractivity contribution in [2.24, 2.45) is 5.11 Å². The van der Waals surface area contributed by atoms with Gasteiger partial charge in [-0.05, 0) is 58.4 Å². The van der Waals surface area contributed by atoms with Gasteiger partial charge in [0.25, 0.3) is 0 Å². The van der Waals surface area contributed by atoms with Gasteiger partial charge in [-0.1, -0.05) is 5.11 Å². The molecule has 0 N–H and O–H groups in total. The van der Waals surface area contributed by atoms with Crippen LogP contribution in [0.2, 0.25) is 0 Å². The van der Waals surface area contributed by atoms with Gasteiger partial charge in [0.2, 0.25) is 0 Å². The van der Waals surface area contributed by atoms with Gasteiger partial charge in [0.1, 0.15) is 5.60 Å². The van der Waals surface area contributed by atoms with Crippen LogP contribution < -0.4 is 0 Å². The van der Waals surface area contributed by atoms with Crippen molar-refractivity contribution in [3.8, 4) is 0 Å². The maximum absolute atomic E-state index is 12.1. The minimum absolute atomic E-state index is 0.220. The summed E-state index contributed by atoms with van der Waals surface area (Å²) < 4.78 is 5.44. The lowest BCUT2D eigenvalue weighted by atomic mass is 9.98. The Morgan fingerprint density at radius 3 is 2.84 bits per heavy atom. The van der Waals surface area contributed by atoms with E-state index in [2.05, 4.69) is 10.0 Å². The summed E-state index contributed by atoms with van der Waals surface area (Å²) in [5, 5.41) is 3.53. The predicted molar refractivity (Wildman–Crippen MR) is 73.8 cm³/mol. The van der Waals surface area contributed by atoms with Crippen LogP contribution in [0, 0.1) is 0 Å². The molecule has 1 aliphatic rings. The van der Waals surface area contributed by atoms with E-state index in [1.807, 2.05) is 25.7 Å². The molecular formula is C13H24N4O2. The molecule has 6 heteroatoms. The highest BCUT2D eigenvalue weighted by Crippen LogP contribution is 2.23. The number of hydrogen-bond donors (Lipinski definition) is 0. The SMILES string of the molecule is CC(C)(C)OC(=O)N1CCCCC1CCCN=[N+]=[N-]. The van der Waals surface area contributed by atoms with Gasteiger partial charge in [-0.3, -0.25) is 0 Å². The van der Waals surface area contributed by atoms with Crippen LogP contribution in [0.5, 0.6) is 0 Å². The third-order valence-corrected chi connectivity index (χ3v) is 3.11. The topological polar surface area (TPSA) is 78.3 Å². The summed E-state index contributed by atoms with van der Waals surface area (Å²) in [6, 6.07) is 0.220. The molecule has 6 nitrogen and oxygen atoms in total. The van der Waals surface area contributed by atoms with Crippen molar-refractivity contribution in [3.63, 3.8) is 0 Å². The van der Waals surface area contributed by atoms with Gasteiger partial charge in [-0.2, -0.15) is 0 Å². The largest absolute Gasteiger partial charge is 0.444 e. The van der Waals surface area contributed by atoms with Crippen LogP contribution in [-0.2, 0) is 4.74 Å². The molecule has 1 fully saturated rings. The highest BCUT2D eigenvalue weighted by molar-refractivity contribution is 5.68. The lowest BCUT2D eigenvalue weighted by Gasteiger charge is -2.36. The van der Waals surface area contributed by atoms with E-state index in [-0.39, 0.29) is 12.1 Å². The van der Waals surface area contributed by atoms with Crippen LogP contribution in [-0.4, -0.2) is 35.7 Å². The smallest absolute Gasteiger partial charge is 0.410 e. The first kappa shape index (κ1) is 15.6. The minimum Gasteiger partial charge on any atom is -0.444 e. The average molecular weight is 268 g/mol. The highest BCUT2D eigenvalue weighted by Gasteiger charge is 2.29. The summed E-state index contributed by atoms with van der Waals surface area (Å²) in [5.74, 6) is 0. The normalized spacial score (nSPS) is 19.7. The van der Waals surface area contributed by atoms with E-state index >= 15 is 0 Å². The second-order valence-corrected chi connectivity index (χ2v) is 5.92.